The van der Waals surface area contributed by atoms with Gasteiger partial charge >= 0.3 is 0 Å². The van der Waals surface area contributed by atoms with Crippen molar-refractivity contribution in [2.24, 2.45) is 0 Å². The molecule has 0 radical (unpaired) electrons. The summed E-state index contributed by atoms with van der Waals surface area (Å²) in [5, 5.41) is 11.0. The molecule has 29 heavy (non-hydrogen) atoms. The van der Waals surface area contributed by atoms with Gasteiger partial charge in [-0.25, -0.2) is 9.97 Å². The minimum Gasteiger partial charge on any atom is -0.456 e. The van der Waals surface area contributed by atoms with Crippen LogP contribution in [0.3, 0.4) is 0 Å². The van der Waals surface area contributed by atoms with E-state index in [4.69, 9.17) is 25.8 Å². The molecule has 2 aliphatic heterocycles. The van der Waals surface area contributed by atoms with Crippen LogP contribution in [0.25, 0.3) is 32.1 Å². The number of rotatable bonds is 3. The topological polar surface area (TPSA) is 115 Å². The summed E-state index contributed by atoms with van der Waals surface area (Å²) in [7, 11) is 0. The van der Waals surface area contributed by atoms with Gasteiger partial charge in [0.05, 0.1) is 34.6 Å². The van der Waals surface area contributed by atoms with E-state index in [1.165, 1.54) is 11.3 Å². The lowest BCUT2D eigenvalue weighted by Crippen LogP contribution is -2.34. The smallest absolute Gasteiger partial charge is 0.296 e. The Bertz CT molecular complexity index is 1200. The molecule has 0 bridgehead atoms. The Labute approximate surface area is 172 Å². The molecule has 2 aliphatic rings. The second-order valence-electron chi connectivity index (χ2n) is 6.91. The largest absolute Gasteiger partial charge is 0.456 e. The third-order valence-corrected chi connectivity index (χ3v) is 6.37. The van der Waals surface area contributed by atoms with Crippen molar-refractivity contribution in [3.05, 3.63) is 29.5 Å². The van der Waals surface area contributed by atoms with E-state index in [9.17, 15) is 5.11 Å². The number of halogens is 1. The van der Waals surface area contributed by atoms with Gasteiger partial charge in [0.15, 0.2) is 11.8 Å². The highest BCUT2D eigenvalue weighted by atomic mass is 35.5. The Kier molecular flexibility index (Phi) is 3.96. The second-order valence-corrected chi connectivity index (χ2v) is 8.35. The minimum atomic E-state index is -0.628. The summed E-state index contributed by atoms with van der Waals surface area (Å²) in [6, 6.07) is 3.96. The molecule has 4 atom stereocenters. The summed E-state index contributed by atoms with van der Waals surface area (Å²) < 4.78 is 18.1. The lowest BCUT2D eigenvalue weighted by atomic mass is 10.1. The molecule has 6 rings (SSSR count). The van der Waals surface area contributed by atoms with Crippen LogP contribution in [0, 0.1) is 0 Å². The number of nitrogens with one attached hydrogen (secondary N) is 1. The van der Waals surface area contributed by atoms with Gasteiger partial charge in [-0.2, -0.15) is 4.98 Å². The lowest BCUT2D eigenvalue weighted by molar-refractivity contribution is 0.00706. The van der Waals surface area contributed by atoms with Crippen LogP contribution >= 0.6 is 22.9 Å². The molecule has 0 spiro atoms. The summed E-state index contributed by atoms with van der Waals surface area (Å²) >= 11 is 7.96. The van der Waals surface area contributed by atoms with E-state index in [0.717, 1.165) is 10.2 Å². The summed E-state index contributed by atoms with van der Waals surface area (Å²) in [5.41, 5.74) is 2.48. The Hall–Kier alpha value is -2.37. The second kappa shape index (κ2) is 6.57. The fraction of sp³-hybridized carbons (Fsp3) is 0.333. The third-order valence-electron chi connectivity index (χ3n) is 5.04. The van der Waals surface area contributed by atoms with Gasteiger partial charge in [-0.15, -0.1) is 11.3 Å². The standard InChI is InChI=1S/C18H14ClN5O4S/c19-7-3-8-16(23-13(7)17-21-9-4-20-2-1-12(9)29-17)24-18(22-8)28-11-6-27-14-10(25)5-26-15(11)14/h1-4,10-11,14-15,25H,5-6H2,(H,22,23,24). The number of ether oxygens (including phenoxy) is 3. The fourth-order valence-electron chi connectivity index (χ4n) is 3.67. The van der Waals surface area contributed by atoms with E-state index in [2.05, 4.69) is 24.9 Å². The number of aromatic nitrogens is 5. The van der Waals surface area contributed by atoms with Crippen LogP contribution in [0.15, 0.2) is 24.5 Å². The summed E-state index contributed by atoms with van der Waals surface area (Å²) in [4.78, 5) is 20.8. The first-order chi connectivity index (χ1) is 14.2. The van der Waals surface area contributed by atoms with Crippen molar-refractivity contribution in [3.8, 4) is 16.7 Å². The van der Waals surface area contributed by atoms with Gasteiger partial charge in [0.1, 0.15) is 34.5 Å². The highest BCUT2D eigenvalue weighted by Gasteiger charge is 2.48. The van der Waals surface area contributed by atoms with Crippen LogP contribution in [0.5, 0.6) is 6.01 Å². The molecule has 4 aromatic heterocycles. The maximum atomic E-state index is 9.86. The van der Waals surface area contributed by atoms with Crippen molar-refractivity contribution in [1.82, 2.24) is 24.9 Å². The number of aromatic amines is 1. The monoisotopic (exact) mass is 431 g/mol. The van der Waals surface area contributed by atoms with Crippen molar-refractivity contribution in [1.29, 1.82) is 0 Å². The molecule has 0 saturated carbocycles. The number of H-pyrrole nitrogens is 1. The lowest BCUT2D eigenvalue weighted by Gasteiger charge is -2.15. The molecule has 6 heterocycles. The maximum Gasteiger partial charge on any atom is 0.296 e. The van der Waals surface area contributed by atoms with Crippen molar-refractivity contribution in [3.63, 3.8) is 0 Å². The quantitative estimate of drug-likeness (QED) is 0.507. The van der Waals surface area contributed by atoms with Crippen molar-refractivity contribution in [2.75, 3.05) is 13.2 Å². The van der Waals surface area contributed by atoms with E-state index in [1.54, 1.807) is 18.5 Å². The molecule has 2 fully saturated rings. The highest BCUT2D eigenvalue weighted by molar-refractivity contribution is 7.21. The number of aliphatic hydroxyl groups is 1. The molecule has 0 aliphatic carbocycles. The number of thiazole rings is 1. The first-order valence-electron chi connectivity index (χ1n) is 9.01. The molecule has 0 amide bonds. The Morgan fingerprint density at radius 2 is 2.10 bits per heavy atom. The zero-order valence-corrected chi connectivity index (χ0v) is 16.4. The first-order valence-corrected chi connectivity index (χ1v) is 10.2. The van der Waals surface area contributed by atoms with Gasteiger partial charge in [0.25, 0.3) is 6.01 Å². The van der Waals surface area contributed by atoms with Crippen molar-refractivity contribution < 1.29 is 19.3 Å². The fourth-order valence-corrected chi connectivity index (χ4v) is 4.90. The molecule has 9 nitrogen and oxygen atoms in total. The number of hydrogen-bond acceptors (Lipinski definition) is 9. The van der Waals surface area contributed by atoms with E-state index >= 15 is 0 Å². The van der Waals surface area contributed by atoms with Gasteiger partial charge in [-0.3, -0.25) is 4.98 Å². The summed E-state index contributed by atoms with van der Waals surface area (Å²) in [6.45, 7) is 0.566. The van der Waals surface area contributed by atoms with Crippen molar-refractivity contribution in [2.45, 2.75) is 24.4 Å². The van der Waals surface area contributed by atoms with Crippen molar-refractivity contribution >= 4 is 44.3 Å². The normalized spacial score (nSPS) is 26.4. The van der Waals surface area contributed by atoms with Crippen LogP contribution < -0.4 is 4.74 Å². The van der Waals surface area contributed by atoms with Gasteiger partial charge in [0.2, 0.25) is 0 Å². The molecule has 0 aromatic carbocycles. The predicted molar refractivity (Wildman–Crippen MR) is 105 cm³/mol. The van der Waals surface area contributed by atoms with Crippen LogP contribution in [0.1, 0.15) is 0 Å². The zero-order chi connectivity index (χ0) is 19.5. The third kappa shape index (κ3) is 2.87. The van der Waals surface area contributed by atoms with Gasteiger partial charge in [0, 0.05) is 6.20 Å². The predicted octanol–water partition coefficient (Wildman–Crippen LogP) is 2.19. The summed E-state index contributed by atoms with van der Waals surface area (Å²) in [5.74, 6) is 0. The summed E-state index contributed by atoms with van der Waals surface area (Å²) in [6.07, 6.45) is 1.77. The molecule has 11 heteroatoms. The van der Waals surface area contributed by atoms with Crippen LogP contribution in [-0.4, -0.2) is 67.7 Å². The van der Waals surface area contributed by atoms with Gasteiger partial charge in [-0.1, -0.05) is 11.6 Å². The molecule has 4 aromatic rings. The zero-order valence-electron chi connectivity index (χ0n) is 14.8. The Morgan fingerprint density at radius 3 is 3.00 bits per heavy atom. The molecular weight excluding hydrogens is 418 g/mol. The average Bonchev–Trinajstić information content (AvgIpc) is 3.46. The first kappa shape index (κ1) is 17.5. The van der Waals surface area contributed by atoms with E-state index in [0.29, 0.717) is 39.5 Å². The van der Waals surface area contributed by atoms with E-state index in [-0.39, 0.29) is 24.9 Å². The van der Waals surface area contributed by atoms with Gasteiger partial charge in [-0.05, 0) is 12.1 Å². The number of hydrogen-bond donors (Lipinski definition) is 2. The van der Waals surface area contributed by atoms with Gasteiger partial charge < -0.3 is 24.3 Å². The van der Waals surface area contributed by atoms with E-state index < -0.39 is 6.10 Å². The van der Waals surface area contributed by atoms with Crippen LogP contribution in [-0.2, 0) is 9.47 Å². The van der Waals surface area contributed by atoms with E-state index in [1.807, 2.05) is 6.07 Å². The number of aliphatic hydroxyl groups excluding tert-OH is 1. The number of pyridine rings is 2. The number of fused-ring (bicyclic) bond motifs is 3. The molecule has 4 unspecified atom stereocenters. The Balaban J connectivity index is 1.32. The molecular formula is C18H14ClN5O4S. The maximum absolute atomic E-state index is 9.86. The highest BCUT2D eigenvalue weighted by Crippen LogP contribution is 2.35. The average molecular weight is 432 g/mol. The Morgan fingerprint density at radius 1 is 1.21 bits per heavy atom. The molecule has 2 N–H and O–H groups in total. The number of imidazole rings is 1. The van der Waals surface area contributed by atoms with Crippen LogP contribution in [0.4, 0.5) is 0 Å². The molecule has 2 saturated heterocycles. The molecule has 148 valence electrons. The SMILES string of the molecule is OC1COC2C(Oc3nc4nc(-c5nc6cnccc6s5)c(Cl)cc4[nH]3)COC12. The van der Waals surface area contributed by atoms with Crippen LogP contribution in [0.2, 0.25) is 5.02 Å². The minimum absolute atomic E-state index is 0.244. The number of nitrogens with zero attached hydrogens (tertiary/aromatic N) is 4.